The van der Waals surface area contributed by atoms with Crippen molar-refractivity contribution < 1.29 is 5.21 Å². The van der Waals surface area contributed by atoms with Crippen molar-refractivity contribution in [2.24, 2.45) is 5.16 Å². The molecule has 0 fully saturated rings. The first-order chi connectivity index (χ1) is 5.85. The van der Waals surface area contributed by atoms with Crippen LogP contribution in [-0.2, 0) is 0 Å². The Bertz CT molecular complexity index is 150. The number of nitrogens with zero attached hydrogens (tertiary/aromatic N) is 1. The molecule has 12 heavy (non-hydrogen) atoms. The van der Waals surface area contributed by atoms with E-state index in [9.17, 15) is 0 Å². The van der Waals surface area contributed by atoms with Crippen LogP contribution in [0.2, 0.25) is 0 Å². The van der Waals surface area contributed by atoms with Gasteiger partial charge in [-0.2, -0.15) is 0 Å². The molecule has 0 saturated carbocycles. The van der Waals surface area contributed by atoms with Gasteiger partial charge in [0.15, 0.2) is 0 Å². The minimum Gasteiger partial charge on any atom is -0.411 e. The quantitative estimate of drug-likeness (QED) is 0.213. The van der Waals surface area contributed by atoms with Crippen LogP contribution in [0, 0.1) is 0 Å². The Labute approximate surface area is 75.0 Å². The summed E-state index contributed by atoms with van der Waals surface area (Å²) in [5, 5.41) is 11.7. The highest BCUT2D eigenvalue weighted by molar-refractivity contribution is 5.83. The molecule has 2 nitrogen and oxygen atoms in total. The fraction of sp³-hybridized carbons (Fsp3) is 0.700. The van der Waals surface area contributed by atoms with Crippen molar-refractivity contribution in [3.8, 4) is 0 Å². The van der Waals surface area contributed by atoms with Crippen LogP contribution in [0.25, 0.3) is 0 Å². The molecule has 2 heteroatoms. The summed E-state index contributed by atoms with van der Waals surface area (Å²) in [5.41, 5.74) is 0.912. The van der Waals surface area contributed by atoms with Crippen molar-refractivity contribution in [1.82, 2.24) is 0 Å². The maximum Gasteiger partial charge on any atom is 0.0568 e. The summed E-state index contributed by atoms with van der Waals surface area (Å²) in [6.07, 6.45) is 9.48. The summed E-state index contributed by atoms with van der Waals surface area (Å²) in [5.74, 6) is 0. The highest BCUT2D eigenvalue weighted by Gasteiger charge is 1.95. The SMILES string of the molecule is CC=CCCCCC(CC)=NO. The lowest BCUT2D eigenvalue weighted by molar-refractivity contribution is 0.316. The average molecular weight is 169 g/mol. The average Bonchev–Trinajstić information content (AvgIpc) is 2.11. The van der Waals surface area contributed by atoms with Gasteiger partial charge in [-0.3, -0.25) is 0 Å². The highest BCUT2D eigenvalue weighted by Crippen LogP contribution is 2.03. The van der Waals surface area contributed by atoms with Gasteiger partial charge in [0.2, 0.25) is 0 Å². The van der Waals surface area contributed by atoms with Crippen molar-refractivity contribution in [3.63, 3.8) is 0 Å². The number of oxime groups is 1. The Balaban J connectivity index is 3.30. The second kappa shape index (κ2) is 8.31. The summed E-state index contributed by atoms with van der Waals surface area (Å²) in [6.45, 7) is 4.05. The lowest BCUT2D eigenvalue weighted by Gasteiger charge is -1.98. The largest absolute Gasteiger partial charge is 0.411 e. The van der Waals surface area contributed by atoms with E-state index in [0.717, 1.165) is 31.4 Å². The minimum atomic E-state index is 0.861. The summed E-state index contributed by atoms with van der Waals surface area (Å²) in [6, 6.07) is 0. The van der Waals surface area contributed by atoms with Gasteiger partial charge in [0.25, 0.3) is 0 Å². The second-order valence-corrected chi connectivity index (χ2v) is 2.83. The molecule has 0 atom stereocenters. The van der Waals surface area contributed by atoms with E-state index in [1.54, 1.807) is 0 Å². The number of hydrogen-bond donors (Lipinski definition) is 1. The Kier molecular flexibility index (Phi) is 7.76. The number of hydrogen-bond acceptors (Lipinski definition) is 2. The zero-order valence-corrected chi connectivity index (χ0v) is 8.08. The molecule has 0 aromatic rings. The zero-order valence-electron chi connectivity index (χ0n) is 8.08. The van der Waals surface area contributed by atoms with Crippen LogP contribution >= 0.6 is 0 Å². The molecule has 0 aromatic heterocycles. The van der Waals surface area contributed by atoms with Gasteiger partial charge in [0, 0.05) is 0 Å². The standard InChI is InChI=1S/C10H19NO/c1-3-5-6-7-8-9-10(4-2)11-12/h3,5,12H,4,6-9H2,1-2H3. The molecule has 0 aliphatic rings. The Morgan fingerprint density at radius 3 is 2.67 bits per heavy atom. The third kappa shape index (κ3) is 5.96. The molecule has 0 unspecified atom stereocenters. The smallest absolute Gasteiger partial charge is 0.0568 e. The van der Waals surface area contributed by atoms with Crippen LogP contribution in [0.15, 0.2) is 17.3 Å². The van der Waals surface area contributed by atoms with Gasteiger partial charge in [-0.05, 0) is 39.0 Å². The van der Waals surface area contributed by atoms with Gasteiger partial charge in [-0.15, -0.1) is 0 Å². The van der Waals surface area contributed by atoms with E-state index in [4.69, 9.17) is 5.21 Å². The van der Waals surface area contributed by atoms with E-state index in [0.29, 0.717) is 0 Å². The normalized spacial score (nSPS) is 12.7. The van der Waals surface area contributed by atoms with Gasteiger partial charge in [0.05, 0.1) is 5.71 Å². The fourth-order valence-corrected chi connectivity index (χ4v) is 1.06. The fourth-order valence-electron chi connectivity index (χ4n) is 1.06. The predicted octanol–water partition coefficient (Wildman–Crippen LogP) is 3.36. The molecular weight excluding hydrogens is 150 g/mol. The molecule has 0 aliphatic heterocycles. The van der Waals surface area contributed by atoms with E-state index in [2.05, 4.69) is 17.3 Å². The third-order valence-electron chi connectivity index (χ3n) is 1.87. The van der Waals surface area contributed by atoms with E-state index < -0.39 is 0 Å². The number of allylic oxidation sites excluding steroid dienone is 2. The summed E-state index contributed by atoms with van der Waals surface area (Å²) >= 11 is 0. The molecule has 0 radical (unpaired) electrons. The van der Waals surface area contributed by atoms with Crippen LogP contribution in [0.4, 0.5) is 0 Å². The Morgan fingerprint density at radius 1 is 1.42 bits per heavy atom. The van der Waals surface area contributed by atoms with Gasteiger partial charge < -0.3 is 5.21 Å². The third-order valence-corrected chi connectivity index (χ3v) is 1.87. The monoisotopic (exact) mass is 169 g/mol. The molecule has 0 bridgehead atoms. The first-order valence-electron chi connectivity index (χ1n) is 4.66. The van der Waals surface area contributed by atoms with E-state index >= 15 is 0 Å². The first-order valence-corrected chi connectivity index (χ1v) is 4.66. The van der Waals surface area contributed by atoms with E-state index in [-0.39, 0.29) is 0 Å². The molecule has 0 amide bonds. The van der Waals surface area contributed by atoms with Crippen LogP contribution in [-0.4, -0.2) is 10.9 Å². The molecule has 1 N–H and O–H groups in total. The molecule has 0 rings (SSSR count). The second-order valence-electron chi connectivity index (χ2n) is 2.83. The molecule has 70 valence electrons. The van der Waals surface area contributed by atoms with Gasteiger partial charge in [-0.25, -0.2) is 0 Å². The minimum absolute atomic E-state index is 0.861. The maximum atomic E-state index is 8.50. The Morgan fingerprint density at radius 2 is 2.17 bits per heavy atom. The van der Waals surface area contributed by atoms with Crippen molar-refractivity contribution in [2.75, 3.05) is 0 Å². The van der Waals surface area contributed by atoms with Gasteiger partial charge >= 0.3 is 0 Å². The highest BCUT2D eigenvalue weighted by atomic mass is 16.4. The number of unbranched alkanes of at least 4 members (excludes halogenated alkanes) is 2. The summed E-state index contributed by atoms with van der Waals surface area (Å²) in [4.78, 5) is 0. The van der Waals surface area contributed by atoms with Crippen LogP contribution < -0.4 is 0 Å². The zero-order chi connectivity index (χ0) is 9.23. The lowest BCUT2D eigenvalue weighted by atomic mass is 10.1. The van der Waals surface area contributed by atoms with Crippen molar-refractivity contribution in [1.29, 1.82) is 0 Å². The molecule has 0 saturated heterocycles. The van der Waals surface area contributed by atoms with Crippen molar-refractivity contribution in [3.05, 3.63) is 12.2 Å². The summed E-state index contributed by atoms with van der Waals surface area (Å²) < 4.78 is 0. The molecule has 0 spiro atoms. The van der Waals surface area contributed by atoms with Crippen LogP contribution in [0.5, 0.6) is 0 Å². The van der Waals surface area contributed by atoms with E-state index in [1.165, 1.54) is 6.42 Å². The maximum absolute atomic E-state index is 8.50. The van der Waals surface area contributed by atoms with E-state index in [1.807, 2.05) is 13.8 Å². The molecule has 0 heterocycles. The number of rotatable bonds is 6. The van der Waals surface area contributed by atoms with Crippen molar-refractivity contribution in [2.45, 2.75) is 46.0 Å². The van der Waals surface area contributed by atoms with Crippen LogP contribution in [0.1, 0.15) is 46.0 Å². The lowest BCUT2D eigenvalue weighted by Crippen LogP contribution is -1.95. The first kappa shape index (κ1) is 11.2. The molecule has 0 aromatic carbocycles. The van der Waals surface area contributed by atoms with Gasteiger partial charge in [-0.1, -0.05) is 24.2 Å². The van der Waals surface area contributed by atoms with Crippen LogP contribution in [0.3, 0.4) is 0 Å². The van der Waals surface area contributed by atoms with Crippen molar-refractivity contribution >= 4 is 5.71 Å². The predicted molar refractivity (Wildman–Crippen MR) is 52.8 cm³/mol. The molecule has 0 aliphatic carbocycles. The summed E-state index contributed by atoms with van der Waals surface area (Å²) in [7, 11) is 0. The molecular formula is C10H19NO. The topological polar surface area (TPSA) is 32.6 Å². The van der Waals surface area contributed by atoms with Gasteiger partial charge in [0.1, 0.15) is 0 Å². The Hall–Kier alpha value is -0.790.